The fraction of sp³-hybridized carbons (Fsp3) is 0.667. The van der Waals surface area contributed by atoms with E-state index in [1.54, 1.807) is 6.08 Å². The fourth-order valence-corrected chi connectivity index (χ4v) is 1.26. The van der Waals surface area contributed by atoms with E-state index in [0.717, 1.165) is 6.42 Å². The molecule has 0 N–H and O–H groups in total. The molecule has 0 aromatic heterocycles. The fourth-order valence-electron chi connectivity index (χ4n) is 1.26. The Hall–Kier alpha value is -0.520. The third kappa shape index (κ3) is 9.48. The summed E-state index contributed by atoms with van der Waals surface area (Å²) >= 11 is 0. The van der Waals surface area contributed by atoms with Crippen molar-refractivity contribution in [3.63, 3.8) is 0 Å². The van der Waals surface area contributed by atoms with Gasteiger partial charge in [-0.05, 0) is 25.7 Å². The Morgan fingerprint density at radius 2 is 1.33 bits per heavy atom. The number of hydrogen-bond acceptors (Lipinski definition) is 0. The lowest BCUT2D eigenvalue weighted by Crippen LogP contribution is -1.78. The molecular weight excluding hydrogens is 144 g/mol. The molecule has 0 nitrogen and oxygen atoms in total. The zero-order chi connectivity index (χ0) is 9.07. The van der Waals surface area contributed by atoms with Gasteiger partial charge in [-0.1, -0.05) is 44.4 Å². The van der Waals surface area contributed by atoms with Crippen LogP contribution in [-0.2, 0) is 0 Å². The molecule has 0 saturated heterocycles. The molecule has 0 aliphatic carbocycles. The van der Waals surface area contributed by atoms with Crippen molar-refractivity contribution < 1.29 is 0 Å². The summed E-state index contributed by atoms with van der Waals surface area (Å²) < 4.78 is 0. The van der Waals surface area contributed by atoms with Gasteiger partial charge in [0.25, 0.3) is 0 Å². The normalized spacial score (nSPS) is 9.67. The van der Waals surface area contributed by atoms with Gasteiger partial charge in [-0.2, -0.15) is 0 Å². The SMILES string of the molecule is [CH]=CCCCCCCCCC=C. The molecule has 0 heterocycles. The van der Waals surface area contributed by atoms with Crippen LogP contribution in [0, 0.1) is 6.58 Å². The van der Waals surface area contributed by atoms with Gasteiger partial charge in [-0.3, -0.25) is 0 Å². The first-order valence-corrected chi connectivity index (χ1v) is 5.06. The smallest absolute Gasteiger partial charge is 0.0348 e. The lowest BCUT2D eigenvalue weighted by molar-refractivity contribution is 0.600. The summed E-state index contributed by atoms with van der Waals surface area (Å²) in [5.74, 6) is 0. The highest BCUT2D eigenvalue weighted by molar-refractivity contribution is 4.65. The average Bonchev–Trinajstić information content (AvgIpc) is 2.10. The third-order valence-corrected chi connectivity index (χ3v) is 2.03. The van der Waals surface area contributed by atoms with Gasteiger partial charge in [-0.15, -0.1) is 6.58 Å². The molecule has 69 valence electrons. The van der Waals surface area contributed by atoms with Crippen LogP contribution in [0.3, 0.4) is 0 Å². The van der Waals surface area contributed by atoms with E-state index in [4.69, 9.17) is 6.58 Å². The van der Waals surface area contributed by atoms with Crippen LogP contribution in [0.4, 0.5) is 0 Å². The van der Waals surface area contributed by atoms with Crippen LogP contribution < -0.4 is 0 Å². The predicted molar refractivity (Wildman–Crippen MR) is 56.0 cm³/mol. The molecule has 0 spiro atoms. The monoisotopic (exact) mass is 165 g/mol. The topological polar surface area (TPSA) is 0 Å². The van der Waals surface area contributed by atoms with Gasteiger partial charge in [0.2, 0.25) is 0 Å². The highest BCUT2D eigenvalue weighted by Gasteiger charge is 1.88. The van der Waals surface area contributed by atoms with Gasteiger partial charge >= 0.3 is 0 Å². The minimum atomic E-state index is 1.08. The molecule has 0 saturated carbocycles. The van der Waals surface area contributed by atoms with Crippen LogP contribution in [-0.4, -0.2) is 0 Å². The first-order valence-electron chi connectivity index (χ1n) is 5.06. The summed E-state index contributed by atoms with van der Waals surface area (Å²) in [6.07, 6.45) is 14.0. The van der Waals surface area contributed by atoms with Crippen molar-refractivity contribution in [2.75, 3.05) is 0 Å². The Morgan fingerprint density at radius 3 is 1.83 bits per heavy atom. The molecule has 12 heavy (non-hydrogen) atoms. The van der Waals surface area contributed by atoms with E-state index >= 15 is 0 Å². The Balaban J connectivity index is 2.81. The van der Waals surface area contributed by atoms with E-state index in [1.807, 2.05) is 6.08 Å². The second-order valence-corrected chi connectivity index (χ2v) is 3.22. The molecule has 0 rings (SSSR count). The maximum absolute atomic E-state index is 5.27. The third-order valence-electron chi connectivity index (χ3n) is 2.03. The number of rotatable bonds is 9. The average molecular weight is 165 g/mol. The molecule has 0 amide bonds. The van der Waals surface area contributed by atoms with Crippen LogP contribution >= 0.6 is 0 Å². The molecule has 0 heteroatoms. The summed E-state index contributed by atoms with van der Waals surface area (Å²) in [5.41, 5.74) is 0. The quantitative estimate of drug-likeness (QED) is 0.353. The second kappa shape index (κ2) is 10.5. The largest absolute Gasteiger partial charge is 0.103 e. The maximum atomic E-state index is 5.27. The first kappa shape index (κ1) is 11.5. The van der Waals surface area contributed by atoms with E-state index in [2.05, 4.69) is 6.58 Å². The van der Waals surface area contributed by atoms with Crippen LogP contribution in [0.25, 0.3) is 0 Å². The number of hydrogen-bond donors (Lipinski definition) is 0. The molecule has 0 bridgehead atoms. The molecule has 0 aliphatic heterocycles. The summed E-state index contributed by atoms with van der Waals surface area (Å²) in [6.45, 7) is 8.97. The minimum absolute atomic E-state index is 1.08. The van der Waals surface area contributed by atoms with Crippen LogP contribution in [0.15, 0.2) is 18.7 Å². The Labute approximate surface area is 77.4 Å². The molecule has 0 fully saturated rings. The Morgan fingerprint density at radius 1 is 0.833 bits per heavy atom. The summed E-state index contributed by atoms with van der Waals surface area (Å²) in [5, 5.41) is 0. The van der Waals surface area contributed by atoms with Crippen molar-refractivity contribution in [2.24, 2.45) is 0 Å². The van der Waals surface area contributed by atoms with Gasteiger partial charge in [0.05, 0.1) is 0 Å². The summed E-state index contributed by atoms with van der Waals surface area (Å²) in [6, 6.07) is 0. The van der Waals surface area contributed by atoms with Crippen molar-refractivity contribution in [3.8, 4) is 0 Å². The minimum Gasteiger partial charge on any atom is -0.103 e. The zero-order valence-corrected chi connectivity index (χ0v) is 8.10. The number of allylic oxidation sites excluding steroid dienone is 2. The highest BCUT2D eigenvalue weighted by atomic mass is 13.9. The highest BCUT2D eigenvalue weighted by Crippen LogP contribution is 2.08. The van der Waals surface area contributed by atoms with Gasteiger partial charge in [0.15, 0.2) is 0 Å². The molecule has 1 radical (unpaired) electrons. The van der Waals surface area contributed by atoms with Crippen molar-refractivity contribution in [1.29, 1.82) is 0 Å². The lowest BCUT2D eigenvalue weighted by atomic mass is 10.1. The van der Waals surface area contributed by atoms with Gasteiger partial charge in [0.1, 0.15) is 0 Å². The molecule has 0 aromatic carbocycles. The predicted octanol–water partition coefficient (Wildman–Crippen LogP) is 4.28. The number of unbranched alkanes of at least 4 members (excludes halogenated alkanes) is 7. The van der Waals surface area contributed by atoms with Gasteiger partial charge in [0, 0.05) is 0 Å². The molecule has 0 unspecified atom stereocenters. The van der Waals surface area contributed by atoms with Crippen LogP contribution in [0.5, 0.6) is 0 Å². The second-order valence-electron chi connectivity index (χ2n) is 3.22. The van der Waals surface area contributed by atoms with Crippen LogP contribution in [0.1, 0.15) is 51.4 Å². The molecule has 0 aromatic rings. The molecule has 0 aliphatic rings. The van der Waals surface area contributed by atoms with Gasteiger partial charge in [-0.25, -0.2) is 0 Å². The standard InChI is InChI=1S/C12H21/c1-3-5-7-9-11-12-10-8-6-4-2/h1,3-4H,2,5-12H2. The van der Waals surface area contributed by atoms with E-state index < -0.39 is 0 Å². The van der Waals surface area contributed by atoms with E-state index in [-0.39, 0.29) is 0 Å². The zero-order valence-electron chi connectivity index (χ0n) is 8.10. The van der Waals surface area contributed by atoms with E-state index in [1.165, 1.54) is 44.9 Å². The maximum Gasteiger partial charge on any atom is -0.0348 e. The summed E-state index contributed by atoms with van der Waals surface area (Å²) in [7, 11) is 0. The molecule has 0 atom stereocenters. The lowest BCUT2D eigenvalue weighted by Gasteiger charge is -1.98. The van der Waals surface area contributed by atoms with Crippen molar-refractivity contribution in [3.05, 3.63) is 25.3 Å². The van der Waals surface area contributed by atoms with Crippen molar-refractivity contribution in [1.82, 2.24) is 0 Å². The Kier molecular flexibility index (Phi) is 10.0. The molecular formula is C12H21. The van der Waals surface area contributed by atoms with Crippen molar-refractivity contribution >= 4 is 0 Å². The van der Waals surface area contributed by atoms with Crippen LogP contribution in [0.2, 0.25) is 0 Å². The van der Waals surface area contributed by atoms with E-state index in [0.29, 0.717) is 0 Å². The summed E-state index contributed by atoms with van der Waals surface area (Å²) in [4.78, 5) is 0. The van der Waals surface area contributed by atoms with Crippen molar-refractivity contribution in [2.45, 2.75) is 51.4 Å². The van der Waals surface area contributed by atoms with Gasteiger partial charge < -0.3 is 0 Å². The first-order chi connectivity index (χ1) is 5.91. The van der Waals surface area contributed by atoms with E-state index in [9.17, 15) is 0 Å². The Bertz CT molecular complexity index is 88.6.